The zero-order valence-corrected chi connectivity index (χ0v) is 10.8. The van der Waals surface area contributed by atoms with Crippen molar-refractivity contribution in [3.05, 3.63) is 30.1 Å². The molecule has 6 heteroatoms. The van der Waals surface area contributed by atoms with Crippen LogP contribution in [0.5, 0.6) is 0 Å². The van der Waals surface area contributed by atoms with Crippen molar-refractivity contribution in [2.75, 3.05) is 0 Å². The number of aryl methyl sites for hydroxylation is 1. The van der Waals surface area contributed by atoms with E-state index >= 15 is 0 Å². The number of alkyl halides is 3. The third-order valence-electron chi connectivity index (χ3n) is 3.03. The van der Waals surface area contributed by atoms with E-state index in [9.17, 15) is 13.2 Å². The lowest BCUT2D eigenvalue weighted by atomic mass is 10.2. The summed E-state index contributed by atoms with van der Waals surface area (Å²) in [5.74, 6) is 0.732. The van der Waals surface area contributed by atoms with Gasteiger partial charge in [0.1, 0.15) is 5.82 Å². The first-order valence-electron chi connectivity index (χ1n) is 6.07. The number of imidazole rings is 1. The highest BCUT2D eigenvalue weighted by atomic mass is 19.4. The lowest BCUT2D eigenvalue weighted by Gasteiger charge is -2.15. The number of benzene rings is 1. The van der Waals surface area contributed by atoms with E-state index in [4.69, 9.17) is 0 Å². The van der Waals surface area contributed by atoms with Crippen LogP contribution in [0.2, 0.25) is 0 Å². The summed E-state index contributed by atoms with van der Waals surface area (Å²) in [7, 11) is 1.86. The Morgan fingerprint density at radius 2 is 2.00 bits per heavy atom. The number of para-hydroxylation sites is 2. The van der Waals surface area contributed by atoms with Crippen LogP contribution in [0, 0.1) is 0 Å². The lowest BCUT2D eigenvalue weighted by molar-refractivity contribution is -0.139. The number of hydrogen-bond acceptors (Lipinski definition) is 2. The van der Waals surface area contributed by atoms with E-state index in [0.717, 1.165) is 16.9 Å². The summed E-state index contributed by atoms with van der Waals surface area (Å²) in [6.07, 6.45) is -4.98. The normalized spacial score (nSPS) is 13.9. The highest BCUT2D eigenvalue weighted by Gasteiger charge is 2.29. The molecule has 0 saturated heterocycles. The average molecular weight is 271 g/mol. The molecule has 0 saturated carbocycles. The number of hydrogen-bond donors (Lipinski definition) is 1. The molecule has 0 fully saturated rings. The molecule has 0 aliphatic heterocycles. The minimum absolute atomic E-state index is 0.322. The number of rotatable bonds is 4. The van der Waals surface area contributed by atoms with Crippen LogP contribution in [0.4, 0.5) is 13.2 Å². The van der Waals surface area contributed by atoms with Crippen molar-refractivity contribution in [1.29, 1.82) is 0 Å². The summed E-state index contributed by atoms with van der Waals surface area (Å²) in [6, 6.07) is 7.00. The van der Waals surface area contributed by atoms with Gasteiger partial charge in [0, 0.05) is 13.1 Å². The second-order valence-corrected chi connectivity index (χ2v) is 4.68. The summed E-state index contributed by atoms with van der Waals surface area (Å²) < 4.78 is 38.5. The van der Waals surface area contributed by atoms with Gasteiger partial charge >= 0.3 is 6.18 Å². The van der Waals surface area contributed by atoms with Gasteiger partial charge in [0.25, 0.3) is 0 Å². The molecule has 3 nitrogen and oxygen atoms in total. The van der Waals surface area contributed by atoms with Crippen LogP contribution in [0.15, 0.2) is 24.3 Å². The van der Waals surface area contributed by atoms with E-state index in [0.29, 0.717) is 6.54 Å². The fourth-order valence-electron chi connectivity index (χ4n) is 2.04. The molecular formula is C13H16F3N3. The molecular weight excluding hydrogens is 255 g/mol. The molecule has 0 aliphatic carbocycles. The standard InChI is InChI=1S/C13H16F3N3/c1-9(7-13(14,15)16)17-8-12-18-10-5-3-4-6-11(10)19(12)2/h3-6,9,17H,7-8H2,1-2H3. The Kier molecular flexibility index (Phi) is 3.80. The molecule has 0 spiro atoms. The number of aromatic nitrogens is 2. The zero-order chi connectivity index (χ0) is 14.0. The Balaban J connectivity index is 2.04. The minimum Gasteiger partial charge on any atom is -0.330 e. The zero-order valence-electron chi connectivity index (χ0n) is 10.8. The predicted octanol–water partition coefficient (Wildman–Crippen LogP) is 3.00. The molecule has 0 aliphatic rings. The third kappa shape index (κ3) is 3.47. The maximum absolute atomic E-state index is 12.2. The van der Waals surface area contributed by atoms with Crippen LogP contribution < -0.4 is 5.32 Å². The van der Waals surface area contributed by atoms with Gasteiger partial charge in [-0.05, 0) is 19.1 Å². The van der Waals surface area contributed by atoms with Crippen LogP contribution in [-0.4, -0.2) is 21.8 Å². The second-order valence-electron chi connectivity index (χ2n) is 4.68. The van der Waals surface area contributed by atoms with Crippen molar-refractivity contribution in [1.82, 2.24) is 14.9 Å². The van der Waals surface area contributed by atoms with E-state index in [1.807, 2.05) is 35.9 Å². The topological polar surface area (TPSA) is 29.9 Å². The lowest BCUT2D eigenvalue weighted by Crippen LogP contribution is -2.31. The van der Waals surface area contributed by atoms with E-state index in [1.54, 1.807) is 0 Å². The Hall–Kier alpha value is -1.56. The van der Waals surface area contributed by atoms with Gasteiger partial charge in [-0.3, -0.25) is 0 Å². The monoisotopic (exact) mass is 271 g/mol. The SMILES string of the molecule is CC(CC(F)(F)F)NCc1nc2ccccc2n1C. The summed E-state index contributed by atoms with van der Waals surface area (Å²) in [5.41, 5.74) is 1.83. The second kappa shape index (κ2) is 5.21. The third-order valence-corrected chi connectivity index (χ3v) is 3.03. The van der Waals surface area contributed by atoms with Crippen molar-refractivity contribution >= 4 is 11.0 Å². The largest absolute Gasteiger partial charge is 0.390 e. The van der Waals surface area contributed by atoms with E-state index in [-0.39, 0.29) is 0 Å². The Morgan fingerprint density at radius 1 is 1.32 bits per heavy atom. The Bertz CT molecular complexity index is 560. The first-order valence-corrected chi connectivity index (χ1v) is 6.07. The molecule has 0 radical (unpaired) electrons. The average Bonchev–Trinajstić information content (AvgIpc) is 2.62. The maximum Gasteiger partial charge on any atom is 0.390 e. The van der Waals surface area contributed by atoms with Gasteiger partial charge in [0.15, 0.2) is 0 Å². The summed E-state index contributed by atoms with van der Waals surface area (Å²) in [6.45, 7) is 1.85. The van der Waals surface area contributed by atoms with Gasteiger partial charge in [0.05, 0.1) is 24.0 Å². The van der Waals surface area contributed by atoms with Crippen LogP contribution in [-0.2, 0) is 13.6 Å². The number of fused-ring (bicyclic) bond motifs is 1. The molecule has 1 aromatic heterocycles. The summed E-state index contributed by atoms with van der Waals surface area (Å²) in [4.78, 5) is 4.40. The van der Waals surface area contributed by atoms with Crippen LogP contribution >= 0.6 is 0 Å². The highest BCUT2D eigenvalue weighted by Crippen LogP contribution is 2.21. The molecule has 104 valence electrons. The van der Waals surface area contributed by atoms with Gasteiger partial charge in [0.2, 0.25) is 0 Å². The number of nitrogens with one attached hydrogen (secondary N) is 1. The summed E-state index contributed by atoms with van der Waals surface area (Å²) >= 11 is 0. The molecule has 0 amide bonds. The highest BCUT2D eigenvalue weighted by molar-refractivity contribution is 5.75. The van der Waals surface area contributed by atoms with Gasteiger partial charge in [-0.15, -0.1) is 0 Å². The molecule has 1 heterocycles. The van der Waals surface area contributed by atoms with Gasteiger partial charge in [-0.1, -0.05) is 12.1 Å². The maximum atomic E-state index is 12.2. The molecule has 0 bridgehead atoms. The number of nitrogens with zero attached hydrogens (tertiary/aromatic N) is 2. The molecule has 1 atom stereocenters. The fourth-order valence-corrected chi connectivity index (χ4v) is 2.04. The fraction of sp³-hybridized carbons (Fsp3) is 0.462. The van der Waals surface area contributed by atoms with Crippen molar-refractivity contribution in [3.63, 3.8) is 0 Å². The number of halogens is 3. The Morgan fingerprint density at radius 3 is 2.63 bits per heavy atom. The van der Waals surface area contributed by atoms with Crippen molar-refractivity contribution in [2.45, 2.75) is 32.1 Å². The van der Waals surface area contributed by atoms with E-state index in [2.05, 4.69) is 10.3 Å². The predicted molar refractivity (Wildman–Crippen MR) is 67.7 cm³/mol. The van der Waals surface area contributed by atoms with Crippen LogP contribution in [0.1, 0.15) is 19.2 Å². The van der Waals surface area contributed by atoms with Crippen molar-refractivity contribution in [2.24, 2.45) is 7.05 Å². The van der Waals surface area contributed by atoms with Crippen LogP contribution in [0.25, 0.3) is 11.0 Å². The van der Waals surface area contributed by atoms with Crippen molar-refractivity contribution in [3.8, 4) is 0 Å². The smallest absolute Gasteiger partial charge is 0.330 e. The van der Waals surface area contributed by atoms with Gasteiger partial charge in [-0.25, -0.2) is 4.98 Å². The quantitative estimate of drug-likeness (QED) is 0.926. The minimum atomic E-state index is -4.14. The first-order chi connectivity index (χ1) is 8.87. The Labute approximate surface area is 109 Å². The summed E-state index contributed by atoms with van der Waals surface area (Å²) in [5, 5.41) is 2.85. The van der Waals surface area contributed by atoms with E-state index in [1.165, 1.54) is 6.92 Å². The van der Waals surface area contributed by atoms with Gasteiger partial charge in [-0.2, -0.15) is 13.2 Å². The van der Waals surface area contributed by atoms with E-state index < -0.39 is 18.6 Å². The molecule has 1 unspecified atom stereocenters. The molecule has 1 aromatic carbocycles. The first kappa shape index (κ1) is 13.9. The molecule has 2 aromatic rings. The molecule has 19 heavy (non-hydrogen) atoms. The van der Waals surface area contributed by atoms with Crippen molar-refractivity contribution < 1.29 is 13.2 Å². The molecule has 2 rings (SSSR count). The van der Waals surface area contributed by atoms with Gasteiger partial charge < -0.3 is 9.88 Å². The van der Waals surface area contributed by atoms with Crippen LogP contribution in [0.3, 0.4) is 0 Å². The molecule has 1 N–H and O–H groups in total.